The van der Waals surface area contributed by atoms with Gasteiger partial charge in [-0.15, -0.1) is 6.58 Å². The predicted octanol–water partition coefficient (Wildman–Crippen LogP) is 1.67. The molecule has 0 unspecified atom stereocenters. The summed E-state index contributed by atoms with van der Waals surface area (Å²) in [5, 5.41) is 2.96. The van der Waals surface area contributed by atoms with Gasteiger partial charge in [0, 0.05) is 6.54 Å². The van der Waals surface area contributed by atoms with Crippen LogP contribution in [0.1, 0.15) is 6.92 Å². The second-order valence-corrected chi connectivity index (χ2v) is 1.97. The minimum atomic E-state index is 0.739. The van der Waals surface area contributed by atoms with Gasteiger partial charge in [0.05, 0.1) is 4.99 Å². The van der Waals surface area contributed by atoms with Crippen LogP contribution in [0.3, 0.4) is 0 Å². The molecule has 2 heteroatoms. The maximum absolute atomic E-state index is 4.87. The molecule has 0 aromatic carbocycles. The number of allylic oxidation sites excluding steroid dienone is 1. The summed E-state index contributed by atoms with van der Waals surface area (Å²) in [6.07, 6.45) is 5.52. The molecule has 0 amide bonds. The molecule has 0 aliphatic carbocycles. The van der Waals surface area contributed by atoms with Crippen molar-refractivity contribution in [3.63, 3.8) is 0 Å². The molecule has 0 radical (unpaired) electrons. The van der Waals surface area contributed by atoms with Crippen molar-refractivity contribution >= 4 is 17.2 Å². The lowest BCUT2D eigenvalue weighted by Gasteiger charge is -1.96. The van der Waals surface area contributed by atoms with Crippen molar-refractivity contribution in [1.82, 2.24) is 5.32 Å². The minimum absolute atomic E-state index is 0.739. The second-order valence-electron chi connectivity index (χ2n) is 1.53. The number of nitrogens with one attached hydrogen (secondary N) is 1. The third kappa shape index (κ3) is 5.24. The zero-order valence-corrected chi connectivity index (χ0v) is 6.37. The van der Waals surface area contributed by atoms with Gasteiger partial charge in [-0.3, -0.25) is 0 Å². The molecule has 9 heavy (non-hydrogen) atoms. The molecular weight excluding hydrogens is 130 g/mol. The van der Waals surface area contributed by atoms with E-state index in [9.17, 15) is 0 Å². The van der Waals surface area contributed by atoms with Gasteiger partial charge in [0.2, 0.25) is 0 Å². The van der Waals surface area contributed by atoms with Crippen molar-refractivity contribution in [2.45, 2.75) is 6.92 Å². The second kappa shape index (κ2) is 5.51. The minimum Gasteiger partial charge on any atom is -0.373 e. The van der Waals surface area contributed by atoms with E-state index in [4.69, 9.17) is 12.2 Å². The molecule has 0 fully saturated rings. The third-order valence-electron chi connectivity index (χ3n) is 0.739. The van der Waals surface area contributed by atoms with Gasteiger partial charge in [0.25, 0.3) is 0 Å². The Hall–Kier alpha value is -0.630. The normalized spacial score (nSPS) is 9.44. The number of rotatable bonds is 3. The third-order valence-corrected chi connectivity index (χ3v) is 1.02. The number of thiocarbonyl (C=S) groups is 1. The summed E-state index contributed by atoms with van der Waals surface area (Å²) in [6.45, 7) is 6.22. The van der Waals surface area contributed by atoms with E-state index in [1.165, 1.54) is 0 Å². The fourth-order valence-electron chi connectivity index (χ4n) is 0.383. The molecule has 0 aliphatic rings. The molecule has 0 spiro atoms. The molecular formula is C7H11NS. The number of hydrogen-bond donors (Lipinski definition) is 1. The first-order chi connectivity index (χ1) is 4.31. The maximum Gasteiger partial charge on any atom is 0.0987 e. The van der Waals surface area contributed by atoms with Crippen LogP contribution in [-0.2, 0) is 0 Å². The molecule has 0 saturated carbocycles. The van der Waals surface area contributed by atoms with E-state index in [0.29, 0.717) is 0 Å². The Balaban J connectivity index is 3.38. The van der Waals surface area contributed by atoms with Gasteiger partial charge in [0.1, 0.15) is 0 Å². The SMILES string of the molecule is C=CCNC(=S)/C=C/C. The Kier molecular flexibility index (Phi) is 5.12. The summed E-state index contributed by atoms with van der Waals surface area (Å²) >= 11 is 4.87. The lowest BCUT2D eigenvalue weighted by atomic mass is 10.5. The zero-order chi connectivity index (χ0) is 7.11. The lowest BCUT2D eigenvalue weighted by Crippen LogP contribution is -2.18. The first-order valence-corrected chi connectivity index (χ1v) is 3.23. The summed E-state index contributed by atoms with van der Waals surface area (Å²) in [6, 6.07) is 0. The molecule has 0 heterocycles. The summed E-state index contributed by atoms with van der Waals surface area (Å²) in [4.78, 5) is 0.761. The van der Waals surface area contributed by atoms with Crippen molar-refractivity contribution in [3.8, 4) is 0 Å². The molecule has 50 valence electrons. The van der Waals surface area contributed by atoms with E-state index in [2.05, 4.69) is 11.9 Å². The van der Waals surface area contributed by atoms with Crippen LogP contribution >= 0.6 is 12.2 Å². The van der Waals surface area contributed by atoms with Crippen LogP contribution < -0.4 is 5.32 Å². The summed E-state index contributed by atoms with van der Waals surface area (Å²) in [7, 11) is 0. The maximum atomic E-state index is 4.87. The fourth-order valence-corrected chi connectivity index (χ4v) is 0.602. The van der Waals surface area contributed by atoms with Crippen LogP contribution in [0.5, 0.6) is 0 Å². The van der Waals surface area contributed by atoms with Gasteiger partial charge >= 0.3 is 0 Å². The first-order valence-electron chi connectivity index (χ1n) is 2.82. The van der Waals surface area contributed by atoms with Crippen molar-refractivity contribution in [1.29, 1.82) is 0 Å². The van der Waals surface area contributed by atoms with Crippen LogP contribution in [0.25, 0.3) is 0 Å². The summed E-state index contributed by atoms with van der Waals surface area (Å²) in [5.41, 5.74) is 0. The lowest BCUT2D eigenvalue weighted by molar-refractivity contribution is 1.07. The van der Waals surface area contributed by atoms with Gasteiger partial charge in [-0.05, 0) is 13.0 Å². The first kappa shape index (κ1) is 8.37. The van der Waals surface area contributed by atoms with Gasteiger partial charge in [-0.25, -0.2) is 0 Å². The van der Waals surface area contributed by atoms with E-state index in [-0.39, 0.29) is 0 Å². The Morgan fingerprint density at radius 1 is 1.78 bits per heavy atom. The quantitative estimate of drug-likeness (QED) is 0.364. The van der Waals surface area contributed by atoms with Gasteiger partial charge < -0.3 is 5.32 Å². The van der Waals surface area contributed by atoms with Crippen molar-refractivity contribution in [2.24, 2.45) is 0 Å². The monoisotopic (exact) mass is 141 g/mol. The smallest absolute Gasteiger partial charge is 0.0987 e. The van der Waals surface area contributed by atoms with E-state index < -0.39 is 0 Å². The molecule has 0 bridgehead atoms. The van der Waals surface area contributed by atoms with Gasteiger partial charge in [0.15, 0.2) is 0 Å². The van der Waals surface area contributed by atoms with Crippen LogP contribution in [0.2, 0.25) is 0 Å². The Morgan fingerprint density at radius 3 is 2.89 bits per heavy atom. The molecule has 0 aromatic heterocycles. The van der Waals surface area contributed by atoms with Crippen molar-refractivity contribution in [3.05, 3.63) is 24.8 Å². The largest absolute Gasteiger partial charge is 0.373 e. The van der Waals surface area contributed by atoms with E-state index >= 15 is 0 Å². The standard InChI is InChI=1S/C7H11NS/c1-3-5-7(9)8-6-4-2/h3-5H,2,6H2,1H3,(H,8,9)/b5-3+. The van der Waals surface area contributed by atoms with Crippen LogP contribution in [0.4, 0.5) is 0 Å². The molecule has 0 aliphatic heterocycles. The highest BCUT2D eigenvalue weighted by Gasteiger charge is 1.81. The van der Waals surface area contributed by atoms with Crippen molar-refractivity contribution in [2.75, 3.05) is 6.54 Å². The predicted molar refractivity (Wildman–Crippen MR) is 45.6 cm³/mol. The van der Waals surface area contributed by atoms with Crippen molar-refractivity contribution < 1.29 is 0 Å². The molecule has 0 atom stereocenters. The zero-order valence-electron chi connectivity index (χ0n) is 5.55. The topological polar surface area (TPSA) is 12.0 Å². The summed E-state index contributed by atoms with van der Waals surface area (Å²) in [5.74, 6) is 0. The average molecular weight is 141 g/mol. The van der Waals surface area contributed by atoms with Crippen LogP contribution in [0, 0.1) is 0 Å². The molecule has 1 nitrogen and oxygen atoms in total. The number of hydrogen-bond acceptors (Lipinski definition) is 1. The highest BCUT2D eigenvalue weighted by molar-refractivity contribution is 7.80. The summed E-state index contributed by atoms with van der Waals surface area (Å²) < 4.78 is 0. The molecule has 0 saturated heterocycles. The average Bonchev–Trinajstić information content (AvgIpc) is 1.85. The van der Waals surface area contributed by atoms with Gasteiger partial charge in [-0.2, -0.15) is 0 Å². The highest BCUT2D eigenvalue weighted by atomic mass is 32.1. The van der Waals surface area contributed by atoms with Crippen LogP contribution in [-0.4, -0.2) is 11.5 Å². The highest BCUT2D eigenvalue weighted by Crippen LogP contribution is 1.75. The van der Waals surface area contributed by atoms with E-state index in [1.54, 1.807) is 6.08 Å². The Bertz CT molecular complexity index is 127. The fraction of sp³-hybridized carbons (Fsp3) is 0.286. The van der Waals surface area contributed by atoms with E-state index in [1.807, 2.05) is 19.1 Å². The molecule has 1 N–H and O–H groups in total. The Morgan fingerprint density at radius 2 is 2.44 bits per heavy atom. The van der Waals surface area contributed by atoms with E-state index in [0.717, 1.165) is 11.5 Å². The van der Waals surface area contributed by atoms with Crippen LogP contribution in [0.15, 0.2) is 24.8 Å². The Labute approximate surface area is 61.5 Å². The van der Waals surface area contributed by atoms with Gasteiger partial charge in [-0.1, -0.05) is 24.4 Å². The molecule has 0 aromatic rings. The molecule has 0 rings (SSSR count).